The molecule has 2 aliphatic rings. The van der Waals surface area contributed by atoms with Crippen molar-refractivity contribution in [2.75, 3.05) is 26.8 Å². The van der Waals surface area contributed by atoms with Crippen LogP contribution in [0.15, 0.2) is 47.9 Å². The van der Waals surface area contributed by atoms with Crippen LogP contribution in [-0.2, 0) is 4.79 Å². The number of allylic oxidation sites excluding steroid dienone is 4. The van der Waals surface area contributed by atoms with Gasteiger partial charge in [0, 0.05) is 30.7 Å². The topological polar surface area (TPSA) is 42.0 Å². The van der Waals surface area contributed by atoms with Crippen LogP contribution in [0.2, 0.25) is 0 Å². The van der Waals surface area contributed by atoms with Crippen molar-refractivity contribution < 1.29 is 14.3 Å². The van der Waals surface area contributed by atoms with Gasteiger partial charge in [0.2, 0.25) is 0 Å². The van der Waals surface area contributed by atoms with Crippen LogP contribution in [0, 0.1) is 11.8 Å². The fourth-order valence-corrected chi connectivity index (χ4v) is 3.96. The Hall–Kier alpha value is -2.69. The van der Waals surface area contributed by atoms with Gasteiger partial charge in [0.25, 0.3) is 5.91 Å². The van der Waals surface area contributed by atoms with E-state index in [9.17, 15) is 4.79 Å². The van der Waals surface area contributed by atoms with Crippen LogP contribution < -0.4 is 9.47 Å². The van der Waals surface area contributed by atoms with Crippen LogP contribution in [0.3, 0.4) is 0 Å². The summed E-state index contributed by atoms with van der Waals surface area (Å²) in [7, 11) is 1.65. The second kappa shape index (κ2) is 10.1. The lowest BCUT2D eigenvalue weighted by molar-refractivity contribution is -0.124. The minimum atomic E-state index is 0.0162. The van der Waals surface area contributed by atoms with Crippen molar-refractivity contribution in [3.63, 3.8) is 0 Å². The van der Waals surface area contributed by atoms with Gasteiger partial charge in [-0.2, -0.15) is 0 Å². The molecule has 1 heterocycles. The van der Waals surface area contributed by atoms with Crippen molar-refractivity contribution in [1.82, 2.24) is 9.80 Å². The van der Waals surface area contributed by atoms with Gasteiger partial charge in [0.1, 0.15) is 0 Å². The first-order valence-electron chi connectivity index (χ1n) is 11.4. The maximum absolute atomic E-state index is 13.5. The molecular weight excluding hydrogens is 388 g/mol. The second-order valence-electron chi connectivity index (χ2n) is 8.49. The molecule has 0 radical (unpaired) electrons. The van der Waals surface area contributed by atoms with Gasteiger partial charge in [-0.15, -0.1) is 0 Å². The molecule has 0 aromatic heterocycles. The molecule has 1 aliphatic heterocycles. The smallest absolute Gasteiger partial charge is 0.255 e. The fraction of sp³-hybridized carbons (Fsp3) is 0.500. The van der Waals surface area contributed by atoms with E-state index >= 15 is 0 Å². The summed E-state index contributed by atoms with van der Waals surface area (Å²) in [5.74, 6) is 2.42. The third-order valence-corrected chi connectivity index (χ3v) is 5.95. The molecule has 31 heavy (non-hydrogen) atoms. The summed E-state index contributed by atoms with van der Waals surface area (Å²) < 4.78 is 11.6. The van der Waals surface area contributed by atoms with Gasteiger partial charge in [-0.05, 0) is 70.1 Å². The molecule has 5 nitrogen and oxygen atoms in total. The fourth-order valence-electron chi connectivity index (χ4n) is 3.96. The van der Waals surface area contributed by atoms with Gasteiger partial charge in [-0.3, -0.25) is 4.79 Å². The molecular formula is C26H36N2O3. The summed E-state index contributed by atoms with van der Waals surface area (Å²) in [5.41, 5.74) is 3.73. The highest BCUT2D eigenvalue weighted by Gasteiger charge is 2.25. The molecule has 5 heteroatoms. The first-order chi connectivity index (χ1) is 14.9. The Labute approximate surface area is 187 Å². The van der Waals surface area contributed by atoms with Gasteiger partial charge >= 0.3 is 0 Å². The van der Waals surface area contributed by atoms with Crippen molar-refractivity contribution in [2.24, 2.45) is 11.8 Å². The number of ether oxygens (including phenoxy) is 2. The number of benzene rings is 1. The zero-order chi connectivity index (χ0) is 22.5. The van der Waals surface area contributed by atoms with Crippen LogP contribution >= 0.6 is 0 Å². The Morgan fingerprint density at radius 1 is 1.13 bits per heavy atom. The second-order valence-corrected chi connectivity index (χ2v) is 8.49. The zero-order valence-electron chi connectivity index (χ0n) is 19.8. The summed E-state index contributed by atoms with van der Waals surface area (Å²) in [4.78, 5) is 17.5. The largest absolute Gasteiger partial charge is 0.493 e. The highest BCUT2D eigenvalue weighted by atomic mass is 16.5. The maximum atomic E-state index is 13.5. The van der Waals surface area contributed by atoms with Gasteiger partial charge in [0.15, 0.2) is 11.5 Å². The van der Waals surface area contributed by atoms with Crippen LogP contribution in [-0.4, -0.2) is 42.5 Å². The van der Waals surface area contributed by atoms with Gasteiger partial charge in [0.05, 0.1) is 19.3 Å². The van der Waals surface area contributed by atoms with Crippen molar-refractivity contribution >= 4 is 11.5 Å². The molecule has 1 fully saturated rings. The molecule has 0 bridgehead atoms. The van der Waals surface area contributed by atoms with Crippen molar-refractivity contribution in [2.45, 2.75) is 47.5 Å². The molecule has 3 rings (SSSR count). The molecule has 0 unspecified atom stereocenters. The number of rotatable bonds is 9. The van der Waals surface area contributed by atoms with E-state index in [4.69, 9.17) is 9.47 Å². The molecule has 1 aromatic carbocycles. The summed E-state index contributed by atoms with van der Waals surface area (Å²) in [6, 6.07) is 5.78. The minimum Gasteiger partial charge on any atom is -0.493 e. The van der Waals surface area contributed by atoms with E-state index in [-0.39, 0.29) is 5.91 Å². The van der Waals surface area contributed by atoms with Gasteiger partial charge < -0.3 is 19.3 Å². The highest BCUT2D eigenvalue weighted by molar-refractivity contribution is 6.19. The number of nitrogens with zero attached hydrogens (tertiary/aromatic N) is 2. The van der Waals surface area contributed by atoms with E-state index in [1.807, 2.05) is 43.1 Å². The molecule has 0 saturated heterocycles. The molecule has 168 valence electrons. The maximum Gasteiger partial charge on any atom is 0.255 e. The minimum absolute atomic E-state index is 0.0162. The highest BCUT2D eigenvalue weighted by Crippen LogP contribution is 2.35. The predicted molar refractivity (Wildman–Crippen MR) is 126 cm³/mol. The molecule has 1 saturated carbocycles. The standard InChI is InChI=1S/C26H36N2O3/c1-7-27(8-2)26(29)23(16-28-19(4)13-18(3)14-20(28)5)22-11-12-24(30-6)25(15-22)31-17-21-9-10-21/h11-16,18,21H,7-10,17H2,1-6H3/b23-16-. The Kier molecular flexibility index (Phi) is 7.47. The summed E-state index contributed by atoms with van der Waals surface area (Å²) in [6.45, 7) is 12.4. The SMILES string of the molecule is CCN(CC)C(=O)/C(=C\N1C(C)=CC(C)C=C1C)c1ccc(OC)c(OCC2CC2)c1. The van der Waals surface area contributed by atoms with Crippen LogP contribution in [0.5, 0.6) is 11.5 Å². The van der Waals surface area contributed by atoms with Crippen LogP contribution in [0.4, 0.5) is 0 Å². The molecule has 1 aromatic rings. The van der Waals surface area contributed by atoms with E-state index in [0.29, 0.717) is 48.6 Å². The van der Waals surface area contributed by atoms with E-state index in [2.05, 4.69) is 37.8 Å². The summed E-state index contributed by atoms with van der Waals surface area (Å²) in [5, 5.41) is 0. The number of carbonyl (C=O) groups is 1. The summed E-state index contributed by atoms with van der Waals surface area (Å²) in [6.07, 6.45) is 8.83. The number of methoxy groups -OCH3 is 1. The van der Waals surface area contributed by atoms with Crippen molar-refractivity contribution in [3.05, 3.63) is 53.5 Å². The Morgan fingerprint density at radius 2 is 1.77 bits per heavy atom. The lowest BCUT2D eigenvalue weighted by atomic mass is 10.0. The molecule has 0 atom stereocenters. The van der Waals surface area contributed by atoms with E-state index in [1.54, 1.807) is 7.11 Å². The molecule has 1 amide bonds. The van der Waals surface area contributed by atoms with Crippen molar-refractivity contribution in [1.29, 1.82) is 0 Å². The van der Waals surface area contributed by atoms with Crippen LogP contribution in [0.1, 0.15) is 53.0 Å². The number of carbonyl (C=O) groups excluding carboxylic acids is 1. The van der Waals surface area contributed by atoms with E-state index in [1.165, 1.54) is 12.8 Å². The number of likely N-dealkylation sites (N-methyl/N-ethyl adjacent to an activating group) is 1. The zero-order valence-corrected chi connectivity index (χ0v) is 19.8. The average molecular weight is 425 g/mol. The lowest BCUT2D eigenvalue weighted by Gasteiger charge is -2.29. The number of amides is 1. The third-order valence-electron chi connectivity index (χ3n) is 5.95. The number of hydrogen-bond donors (Lipinski definition) is 0. The normalized spacial score (nSPS) is 17.2. The Bertz CT molecular complexity index is 872. The van der Waals surface area contributed by atoms with Gasteiger partial charge in [-0.25, -0.2) is 0 Å². The van der Waals surface area contributed by atoms with Gasteiger partial charge in [-0.1, -0.05) is 25.1 Å². The molecule has 0 N–H and O–H groups in total. The van der Waals surface area contributed by atoms with E-state index < -0.39 is 0 Å². The average Bonchev–Trinajstić information content (AvgIpc) is 3.57. The summed E-state index contributed by atoms with van der Waals surface area (Å²) >= 11 is 0. The van der Waals surface area contributed by atoms with E-state index in [0.717, 1.165) is 17.0 Å². The quantitative estimate of drug-likeness (QED) is 0.494. The first kappa shape index (κ1) is 23.0. The monoisotopic (exact) mass is 424 g/mol. The third kappa shape index (κ3) is 5.52. The Balaban J connectivity index is 2.03. The first-order valence-corrected chi connectivity index (χ1v) is 11.4. The molecule has 1 aliphatic carbocycles. The molecule has 0 spiro atoms. The van der Waals surface area contributed by atoms with Crippen LogP contribution in [0.25, 0.3) is 5.57 Å². The number of hydrogen-bond acceptors (Lipinski definition) is 4. The Morgan fingerprint density at radius 3 is 2.32 bits per heavy atom. The lowest BCUT2D eigenvalue weighted by Crippen LogP contribution is -2.32. The van der Waals surface area contributed by atoms with Crippen molar-refractivity contribution in [3.8, 4) is 11.5 Å². The predicted octanol–water partition coefficient (Wildman–Crippen LogP) is 5.45.